The number of carbonyl (C=O) groups is 13. The molecule has 2 aliphatic rings. The van der Waals surface area contributed by atoms with Gasteiger partial charge >= 0.3 is 41.8 Å². The molecular weight excluding hydrogens is 1820 g/mol. The van der Waals surface area contributed by atoms with E-state index < -0.39 is 224 Å². The molecule has 4 atom stereocenters. The fourth-order valence-corrected chi connectivity index (χ4v) is 15.9. The van der Waals surface area contributed by atoms with Crippen molar-refractivity contribution in [1.29, 1.82) is 0 Å². The maximum Gasteiger partial charge on any atom is 0.320 e. The highest BCUT2D eigenvalue weighted by Gasteiger charge is 2.38. The van der Waals surface area contributed by atoms with Crippen LogP contribution in [0.2, 0.25) is 0 Å². The lowest BCUT2D eigenvalue weighted by Gasteiger charge is -2.34. The Kier molecular flexibility index (Phi) is 50.3. The molecule has 0 unspecified atom stereocenters. The normalized spacial score (nSPS) is 17.0. The molecule has 10 N–H and O–H groups in total. The molecule has 1 aromatic rings. The summed E-state index contributed by atoms with van der Waals surface area (Å²) in [6.45, 7) is 32.1. The quantitative estimate of drug-likeness (QED) is 0.0162. The summed E-state index contributed by atoms with van der Waals surface area (Å²) in [4.78, 5) is 185. The van der Waals surface area contributed by atoms with E-state index in [1.165, 1.54) is 0 Å². The second-order valence-corrected chi connectivity index (χ2v) is 44.3. The van der Waals surface area contributed by atoms with Gasteiger partial charge in [0, 0.05) is 144 Å². The summed E-state index contributed by atoms with van der Waals surface area (Å²) in [5, 5.41) is 9.26. The van der Waals surface area contributed by atoms with E-state index in [4.69, 9.17) is 38.9 Å². The number of carbonyl (C=O) groups excluding carboxylic acids is 13. The lowest BCUT2D eigenvalue weighted by Crippen LogP contribution is -2.52. The first kappa shape index (κ1) is 120. The summed E-state index contributed by atoms with van der Waals surface area (Å²) >= 11 is 0. The summed E-state index contributed by atoms with van der Waals surface area (Å²) in [6.07, 6.45) is -2.02. The predicted molar refractivity (Wildman–Crippen MR) is 483 cm³/mol. The van der Waals surface area contributed by atoms with Crippen LogP contribution in [0.5, 0.6) is 0 Å². The molecule has 758 valence electrons. The van der Waals surface area contributed by atoms with Crippen molar-refractivity contribution in [2.45, 2.75) is 203 Å². The molecule has 2 saturated heterocycles. The summed E-state index contributed by atoms with van der Waals surface area (Å²) in [5.41, 5.74) is 1.46. The van der Waals surface area contributed by atoms with E-state index in [0.29, 0.717) is 0 Å². The Bertz CT molecular complexity index is 4320. The first-order chi connectivity index (χ1) is 60.4. The molecule has 132 heavy (non-hydrogen) atoms. The molecule has 0 saturated carbocycles. The average molecular weight is 1970 g/mol. The number of rotatable bonds is 42. The maximum absolute atomic E-state index is 13.8. The number of nitrogens with one attached hydrogen (secondary N) is 4. The van der Waals surface area contributed by atoms with Crippen LogP contribution in [0.3, 0.4) is 0 Å². The van der Waals surface area contributed by atoms with Gasteiger partial charge in [-0.15, -0.1) is 0 Å². The van der Waals surface area contributed by atoms with Gasteiger partial charge in [0.1, 0.15) is 63.8 Å². The van der Waals surface area contributed by atoms with Crippen molar-refractivity contribution in [3.63, 3.8) is 0 Å². The lowest BCUT2D eigenvalue weighted by atomic mass is 9.99. The van der Waals surface area contributed by atoms with Gasteiger partial charge in [-0.3, -0.25) is 120 Å². The number of hydrogen-bond donors (Lipinski definition) is 9. The lowest BCUT2D eigenvalue weighted by molar-refractivity contribution is -0.158. The van der Waals surface area contributed by atoms with Gasteiger partial charge in [-0.1, -0.05) is 30.3 Å². The average Bonchev–Trinajstić information content (AvgIpc) is 0.864. The van der Waals surface area contributed by atoms with Crippen LogP contribution in [-0.2, 0) is 143 Å². The van der Waals surface area contributed by atoms with Crippen molar-refractivity contribution in [3.8, 4) is 0 Å². The van der Waals surface area contributed by atoms with Crippen LogP contribution in [0, 0.1) is 11.8 Å². The van der Waals surface area contributed by atoms with Gasteiger partial charge in [0.2, 0.25) is 23.6 Å². The van der Waals surface area contributed by atoms with Crippen molar-refractivity contribution in [3.05, 3.63) is 35.9 Å². The van der Waals surface area contributed by atoms with Crippen LogP contribution in [0.1, 0.15) is 156 Å². The van der Waals surface area contributed by atoms with Crippen molar-refractivity contribution >= 4 is 117 Å². The molecule has 0 radical (unpaired) electrons. The summed E-state index contributed by atoms with van der Waals surface area (Å²) < 4.78 is 173. The number of hydrogen-bond acceptors (Lipinski definition) is 37. The number of benzene rings is 1. The number of amides is 4. The van der Waals surface area contributed by atoms with Gasteiger partial charge in [-0.05, 0) is 137 Å². The van der Waals surface area contributed by atoms with E-state index in [2.05, 4.69) is 21.3 Å². The third-order valence-electron chi connectivity index (χ3n) is 18.4. The molecule has 2 fully saturated rings. The number of nitrogens with zero attached hydrogens (tertiary/aromatic N) is 8. The van der Waals surface area contributed by atoms with Crippen molar-refractivity contribution in [2.24, 2.45) is 17.6 Å². The van der Waals surface area contributed by atoms with Crippen molar-refractivity contribution in [2.75, 3.05) is 200 Å². The molecule has 45 nitrogen and oxygen atoms in total. The van der Waals surface area contributed by atoms with Crippen LogP contribution in [0.25, 0.3) is 0 Å². The number of nitrogens with two attached hydrogens (primary N) is 1. The van der Waals surface area contributed by atoms with Crippen LogP contribution in [0.15, 0.2) is 30.3 Å². The highest BCUT2D eigenvalue weighted by molar-refractivity contribution is 7.86. The minimum Gasteiger partial charge on any atom is -0.461 e. The topological polar surface area (TPSA) is 604 Å². The standard InChI is InChI=1S/C46H76N6O17S2.C37H69N7O15S2/c1-44(2,3)67-40(56)28-50-20-18-49(19-21-51(29-41(57)68-45(4,5)6)23-25-52(24-22-50)30-42(58)69-46(7,8)9)27-38(54)48-36(33-71(63,64)65)37(53)26-35(32-70(60,61)62)43(59)47-17-13-16-39(55)66-31-34-14-11-10-12-15-34;1-35(2,3)57-31(47)22-42-14-12-41(13-15-43(23-32(48)58-36(4,5)6)17-19-44(18-16-42)24-33(49)59-37(7,8)9)21-30(46)40-28(26-61(54,55)56)29(45)20-27(25-60(51,52)53)34(50)39-11-10-38/h10-12,14-15,35-36H,13,16-33H2,1-9H3,(H,47,59)(H,48,54)(H,60,61,62)(H,63,64,65);27-28H,10-26,38H2,1-9H3,(H,39,50)(H,40,46)(H,51,52,53)(H,54,55,56)/t35-,36-;27-,28-/m00/s1. The second-order valence-electron chi connectivity index (χ2n) is 38.3. The zero-order valence-electron chi connectivity index (χ0n) is 79.7. The highest BCUT2D eigenvalue weighted by Crippen LogP contribution is 2.19. The Hall–Kier alpha value is -7.99. The van der Waals surface area contributed by atoms with E-state index in [9.17, 15) is 114 Å². The van der Waals surface area contributed by atoms with Gasteiger partial charge in [0.25, 0.3) is 40.5 Å². The second kappa shape index (κ2) is 55.3. The van der Waals surface area contributed by atoms with E-state index in [1.807, 2.05) is 9.80 Å². The largest absolute Gasteiger partial charge is 0.461 e. The maximum atomic E-state index is 13.8. The predicted octanol–water partition coefficient (Wildman–Crippen LogP) is -1.15. The summed E-state index contributed by atoms with van der Waals surface area (Å²) in [5.74, 6) is -18.4. The third-order valence-corrected chi connectivity index (χ3v) is 21.6. The van der Waals surface area contributed by atoms with Gasteiger partial charge in [-0.25, -0.2) is 0 Å². The monoisotopic (exact) mass is 1960 g/mol. The molecule has 0 aliphatic carbocycles. The Labute approximate surface area is 777 Å². The molecule has 49 heteroatoms. The minimum absolute atomic E-state index is 0.0195. The number of Topliss-reactive ketones (excluding diaryl/α,β-unsaturated/α-hetero) is 2. The Morgan fingerprint density at radius 3 is 0.788 bits per heavy atom. The summed E-state index contributed by atoms with van der Waals surface area (Å²) in [7, 11) is -19.6. The van der Waals surface area contributed by atoms with Gasteiger partial charge < -0.3 is 60.2 Å². The van der Waals surface area contributed by atoms with E-state index >= 15 is 0 Å². The minimum atomic E-state index is -4.99. The number of ether oxygens (including phenoxy) is 7. The third kappa shape index (κ3) is 61.8. The van der Waals surface area contributed by atoms with Gasteiger partial charge in [-0.2, -0.15) is 33.7 Å². The van der Waals surface area contributed by atoms with Crippen LogP contribution < -0.4 is 27.0 Å². The van der Waals surface area contributed by atoms with Crippen molar-refractivity contribution in [1.82, 2.24) is 60.5 Å². The number of esters is 7. The highest BCUT2D eigenvalue weighted by atomic mass is 32.2. The van der Waals surface area contributed by atoms with E-state index in [-0.39, 0.29) is 183 Å². The molecule has 3 rings (SSSR count). The molecule has 2 heterocycles. The first-order valence-electron chi connectivity index (χ1n) is 43.4. The van der Waals surface area contributed by atoms with E-state index in [0.717, 1.165) is 5.56 Å². The molecule has 0 spiro atoms. The zero-order chi connectivity index (χ0) is 101. The molecule has 0 aromatic heterocycles. The van der Waals surface area contributed by atoms with Crippen molar-refractivity contribution < 1.29 is 147 Å². The Balaban J connectivity index is 0.000000904. The molecule has 4 amide bonds. The molecule has 0 bridgehead atoms. The number of ketones is 2. The first-order valence-corrected chi connectivity index (χ1v) is 49.8. The van der Waals surface area contributed by atoms with Crippen LogP contribution in [0.4, 0.5) is 0 Å². The van der Waals surface area contributed by atoms with Crippen LogP contribution >= 0.6 is 0 Å². The fourth-order valence-electron chi connectivity index (χ4n) is 13.0. The SMILES string of the molecule is CC(C)(C)OC(=O)CN1CCN(CC(=O)N[C@@H](CS(=O)(=O)O)C(=O)C[C@@H](CS(=O)(=O)O)C(=O)NCCCC(=O)OCc2ccccc2)CCN(CC(=O)OC(C)(C)C)CCN(CC(=O)OC(C)(C)C)CC1.CC(C)(C)OC(=O)CN1CCN(CC(=O)N[C@@H](CS(=O)(=O)O)C(=O)C[C@@H](CS(=O)(=O)O)C(=O)NCCN)CCN(CC(=O)OC(C)(C)C)CCN(CC(=O)OC(C)(C)C)CC1. The fraction of sp³-hybridized carbons (Fsp3) is 0.771. The van der Waals surface area contributed by atoms with Crippen LogP contribution in [-0.4, -0.2) is 413 Å². The Morgan fingerprint density at radius 1 is 0.341 bits per heavy atom. The molecule has 2 aliphatic heterocycles. The summed E-state index contributed by atoms with van der Waals surface area (Å²) in [6, 6.07) is 4.93. The van der Waals surface area contributed by atoms with Gasteiger partial charge in [0.15, 0.2) is 11.6 Å². The molecular formula is C83H145N13O32S4. The zero-order valence-corrected chi connectivity index (χ0v) is 82.9. The van der Waals surface area contributed by atoms with E-state index in [1.54, 1.807) is 184 Å². The Morgan fingerprint density at radius 2 is 0.568 bits per heavy atom. The van der Waals surface area contributed by atoms with Gasteiger partial charge in [0.05, 0.1) is 75.7 Å². The molecule has 1 aromatic carbocycles. The smallest absolute Gasteiger partial charge is 0.320 e.